The molecule has 0 spiro atoms. The molecule has 1 fully saturated rings. The summed E-state index contributed by atoms with van der Waals surface area (Å²) in [6.45, 7) is 18.3. The van der Waals surface area contributed by atoms with Crippen LogP contribution in [0.4, 0.5) is 20.6 Å². The molecule has 1 saturated heterocycles. The quantitative estimate of drug-likeness (QED) is 0.0369. The monoisotopic (exact) mass is 903 g/mol. The maximum atomic E-state index is 14.6. The summed E-state index contributed by atoms with van der Waals surface area (Å²) in [5, 5.41) is 18.5. The Labute approximate surface area is 384 Å². The summed E-state index contributed by atoms with van der Waals surface area (Å²) in [6.07, 6.45) is 12.4. The Balaban J connectivity index is 0. The van der Waals surface area contributed by atoms with Gasteiger partial charge in [0.05, 0.1) is 25.4 Å². The third-order valence-corrected chi connectivity index (χ3v) is 9.41. The number of nitriles is 1. The number of anilines is 2. The fraction of sp³-hybridized carbons (Fsp3) is 0.562. The van der Waals surface area contributed by atoms with Crippen LogP contribution in [0.1, 0.15) is 119 Å². The van der Waals surface area contributed by atoms with E-state index in [2.05, 4.69) is 49.0 Å². The molecule has 4 N–H and O–H groups in total. The number of ketones is 1. The topological polar surface area (TPSA) is 163 Å². The average molecular weight is 903 g/mol. The van der Waals surface area contributed by atoms with E-state index in [1.807, 2.05) is 76.9 Å². The van der Waals surface area contributed by atoms with Crippen molar-refractivity contribution in [2.75, 3.05) is 64.4 Å². The number of amides is 1. The molecule has 0 atom stereocenters. The van der Waals surface area contributed by atoms with Gasteiger partial charge in [0, 0.05) is 74.8 Å². The fourth-order valence-electron chi connectivity index (χ4n) is 5.81. The first kappa shape index (κ1) is 60.7. The number of carbonyl (C=O) groups is 2. The third-order valence-electron chi connectivity index (χ3n) is 9.13. The van der Waals surface area contributed by atoms with Crippen molar-refractivity contribution in [3.05, 3.63) is 88.9 Å². The van der Waals surface area contributed by atoms with Crippen LogP contribution in [-0.2, 0) is 23.9 Å². The lowest BCUT2D eigenvalue weighted by Gasteiger charge is -2.34. The number of piperidine rings is 1. The van der Waals surface area contributed by atoms with Crippen molar-refractivity contribution in [1.82, 2.24) is 9.95 Å². The Morgan fingerprint density at radius 1 is 1.11 bits per heavy atom. The summed E-state index contributed by atoms with van der Waals surface area (Å²) in [7, 11) is 5.90. The number of ether oxygens (including phenoxy) is 2. The van der Waals surface area contributed by atoms with Gasteiger partial charge in [-0.05, 0) is 139 Å². The predicted molar refractivity (Wildman–Crippen MR) is 259 cm³/mol. The second-order valence-electron chi connectivity index (χ2n) is 15.6. The number of halogens is 1. The van der Waals surface area contributed by atoms with Crippen molar-refractivity contribution in [3.8, 4) is 6.07 Å². The van der Waals surface area contributed by atoms with Gasteiger partial charge >= 0.3 is 6.09 Å². The second kappa shape index (κ2) is 34.0. The number of rotatable bonds is 18. The maximum absolute atomic E-state index is 14.6. The van der Waals surface area contributed by atoms with Gasteiger partial charge in [-0.1, -0.05) is 52.8 Å². The Morgan fingerprint density at radius 3 is 2.19 bits per heavy atom. The van der Waals surface area contributed by atoms with Crippen molar-refractivity contribution in [2.45, 2.75) is 119 Å². The highest BCUT2D eigenvalue weighted by atomic mass is 32.1. The van der Waals surface area contributed by atoms with E-state index in [4.69, 9.17) is 35.3 Å². The molecule has 1 amide bonds. The molecule has 0 unspecified atom stereocenters. The number of Topliss-reactive ketones (excluding diaryl/α,β-unsaturated/α-hetero) is 1. The van der Waals surface area contributed by atoms with Crippen molar-refractivity contribution < 1.29 is 38.2 Å². The summed E-state index contributed by atoms with van der Waals surface area (Å²) >= 11 is 3.96. The van der Waals surface area contributed by atoms with Gasteiger partial charge in [-0.3, -0.25) is 14.5 Å². The number of nitrogens with one attached hydrogen (secondary N) is 1. The predicted octanol–water partition coefficient (Wildman–Crippen LogP) is 10.2. The molecular formula is C48H79FN6O7S. The standard InChI is InChI=1S/C31H39FN4O4S.C9H19N.C6H13NO2.CH4O.CH4/c1-5-7-24(23(2)37)21-31(25-8-9-26(22-33)30(32)20-25)34(3)27-10-12-28(13-11-27)35-16-14-29(15-17-35)39-18-6-19-40-36(41)38-4;1-4-9(10)7-5-6-8(2)3;1-6(2,3)9-5(8)7-4;1-2;/h7-13,20-21,29,41H,5-6,14-19H2,1-4H3;4,8H,5-7,10H2,1-3H3;1-4H3,(H,7,8);2H,1H3;1H4/b24-7-,31-21-;9-4+;;;. The summed E-state index contributed by atoms with van der Waals surface area (Å²) < 4.78 is 26.5. The minimum atomic E-state index is -0.598. The molecule has 2 aromatic carbocycles. The van der Waals surface area contributed by atoms with E-state index in [-0.39, 0.29) is 36.6 Å². The number of aliphatic hydroxyl groups excluding tert-OH is 1. The summed E-state index contributed by atoms with van der Waals surface area (Å²) in [6, 6.07) is 14.6. The Bertz CT molecular complexity index is 1720. The number of carbonyl (C=O) groups excluding carboxylic acids is 2. The number of allylic oxidation sites excluding steroid dienone is 5. The summed E-state index contributed by atoms with van der Waals surface area (Å²) in [5.74, 6) is 0.141. The molecule has 0 bridgehead atoms. The number of thiol groups is 1. The molecule has 0 aromatic heterocycles. The molecule has 0 saturated carbocycles. The normalized spacial score (nSPS) is 13.3. The molecular weight excluding hydrogens is 824 g/mol. The fourth-order valence-corrected chi connectivity index (χ4v) is 5.89. The van der Waals surface area contributed by atoms with Crippen LogP contribution in [0.3, 0.4) is 0 Å². The lowest BCUT2D eigenvalue weighted by molar-refractivity contribution is -0.278. The molecule has 1 aliphatic heterocycles. The molecule has 1 aliphatic rings. The number of nitrogens with two attached hydrogens (primary N) is 1. The highest BCUT2D eigenvalue weighted by Crippen LogP contribution is 2.30. The first-order chi connectivity index (χ1) is 29.4. The Hall–Kier alpha value is -4.43. The lowest BCUT2D eigenvalue weighted by Crippen LogP contribution is -2.37. The molecule has 356 valence electrons. The zero-order valence-corrected chi connectivity index (χ0v) is 40.2. The molecule has 3 rings (SSSR count). The van der Waals surface area contributed by atoms with Crippen molar-refractivity contribution in [3.63, 3.8) is 0 Å². The Morgan fingerprint density at radius 2 is 1.73 bits per heavy atom. The first-order valence-electron chi connectivity index (χ1n) is 21.1. The molecule has 15 heteroatoms. The van der Waals surface area contributed by atoms with Crippen LogP contribution in [0.5, 0.6) is 0 Å². The van der Waals surface area contributed by atoms with Crippen LogP contribution in [0.2, 0.25) is 0 Å². The van der Waals surface area contributed by atoms with E-state index in [9.17, 15) is 14.0 Å². The van der Waals surface area contributed by atoms with Gasteiger partial charge in [0.1, 0.15) is 17.5 Å². The van der Waals surface area contributed by atoms with Crippen molar-refractivity contribution >= 4 is 41.8 Å². The molecule has 0 aliphatic carbocycles. The van der Waals surface area contributed by atoms with Gasteiger partial charge in [-0.15, -0.1) is 0 Å². The number of alkyl carbamates (subject to hydrolysis) is 1. The van der Waals surface area contributed by atoms with Gasteiger partial charge in [-0.2, -0.15) is 5.26 Å². The van der Waals surface area contributed by atoms with Gasteiger partial charge < -0.3 is 35.4 Å². The Kier molecular flexibility index (Phi) is 32.8. The molecule has 2 aromatic rings. The molecule has 1 heterocycles. The highest BCUT2D eigenvalue weighted by molar-refractivity contribution is 7.77. The van der Waals surface area contributed by atoms with Gasteiger partial charge in [0.2, 0.25) is 0 Å². The van der Waals surface area contributed by atoms with E-state index in [1.54, 1.807) is 12.1 Å². The molecule has 13 nitrogen and oxygen atoms in total. The largest absolute Gasteiger partial charge is 0.444 e. The van der Waals surface area contributed by atoms with Crippen LogP contribution >= 0.6 is 12.8 Å². The molecule has 63 heavy (non-hydrogen) atoms. The van der Waals surface area contributed by atoms with Crippen molar-refractivity contribution in [2.24, 2.45) is 11.7 Å². The number of hydrogen-bond donors (Lipinski definition) is 4. The molecule has 0 radical (unpaired) electrons. The van der Waals surface area contributed by atoms with Gasteiger partial charge in [0.25, 0.3) is 0 Å². The summed E-state index contributed by atoms with van der Waals surface area (Å²) in [4.78, 5) is 37.1. The number of benzene rings is 2. The van der Waals surface area contributed by atoms with Crippen LogP contribution in [-0.4, -0.2) is 87.9 Å². The van der Waals surface area contributed by atoms with Gasteiger partial charge in [0.15, 0.2) is 5.78 Å². The van der Waals surface area contributed by atoms with E-state index in [0.717, 1.165) is 73.5 Å². The number of nitrogens with zero attached hydrogens (tertiary/aromatic N) is 4. The lowest BCUT2D eigenvalue weighted by atomic mass is 10.0. The SMILES string of the molecule is C.C/C=C(/N)CCCC(C)C.CC/C=C(/C=C(/c1ccc(C#N)c(F)c1)N(C)c1ccc(N2CCC(OCCCON(S)OC)CC2)cc1)C(C)=O.CNC(=O)OC(C)(C)C.CO. The van der Waals surface area contributed by atoms with E-state index in [1.165, 1.54) is 46.1 Å². The highest BCUT2D eigenvalue weighted by Gasteiger charge is 2.21. The first-order valence-corrected chi connectivity index (χ1v) is 21.5. The van der Waals surface area contributed by atoms with Crippen LogP contribution in [0.15, 0.2) is 72.0 Å². The van der Waals surface area contributed by atoms with Crippen LogP contribution in [0.25, 0.3) is 5.70 Å². The smallest absolute Gasteiger partial charge is 0.407 e. The van der Waals surface area contributed by atoms with Crippen LogP contribution in [0, 0.1) is 23.1 Å². The van der Waals surface area contributed by atoms with Crippen LogP contribution < -0.4 is 20.9 Å². The third kappa shape index (κ3) is 26.1. The second-order valence-corrected chi connectivity index (χ2v) is 15.9. The number of hydrogen-bond acceptors (Lipinski definition) is 13. The minimum Gasteiger partial charge on any atom is -0.444 e. The zero-order chi connectivity index (χ0) is 47.3. The average Bonchev–Trinajstić information content (AvgIpc) is 3.25. The van der Waals surface area contributed by atoms with E-state index < -0.39 is 5.82 Å². The number of aliphatic hydroxyl groups is 1. The maximum Gasteiger partial charge on any atom is 0.407 e. The minimum absolute atomic E-state index is 0. The van der Waals surface area contributed by atoms with Crippen molar-refractivity contribution in [1.29, 1.82) is 5.26 Å². The van der Waals surface area contributed by atoms with Gasteiger partial charge in [-0.25, -0.2) is 9.18 Å². The van der Waals surface area contributed by atoms with E-state index in [0.29, 0.717) is 36.5 Å². The summed E-state index contributed by atoms with van der Waals surface area (Å²) in [5.41, 5.74) is 10.0. The van der Waals surface area contributed by atoms with E-state index >= 15 is 0 Å². The zero-order valence-electron chi connectivity index (χ0n) is 39.3.